The van der Waals surface area contributed by atoms with Crippen molar-refractivity contribution in [3.05, 3.63) is 52.7 Å². The summed E-state index contributed by atoms with van der Waals surface area (Å²) in [5.74, 6) is 0.468. The molecule has 2 heterocycles. The van der Waals surface area contributed by atoms with Crippen LogP contribution in [0.15, 0.2) is 36.4 Å². The van der Waals surface area contributed by atoms with Gasteiger partial charge in [0, 0.05) is 23.8 Å². The summed E-state index contributed by atoms with van der Waals surface area (Å²) in [6.45, 7) is 0. The first kappa shape index (κ1) is 20.3. The molecule has 10 heteroatoms. The fourth-order valence-corrected chi connectivity index (χ4v) is 3.36. The Bertz CT molecular complexity index is 1090. The minimum atomic E-state index is -4.37. The van der Waals surface area contributed by atoms with E-state index >= 15 is 0 Å². The van der Waals surface area contributed by atoms with Crippen molar-refractivity contribution in [2.45, 2.75) is 6.18 Å². The van der Waals surface area contributed by atoms with Gasteiger partial charge in [0.05, 0.1) is 11.1 Å². The van der Waals surface area contributed by atoms with Gasteiger partial charge in [0.15, 0.2) is 5.82 Å². The zero-order valence-corrected chi connectivity index (χ0v) is 16.2. The topological polar surface area (TPSA) is 91.7 Å². The standard InChI is InChI=1S/C19H15F3N6S/c1-28(2)18-26-16(25-17(24)27-18)12(10-23)9-14-7-8-15(29-14)11-3-5-13(6-4-11)19(20,21)22/h3-9H,1-2H3,(H2,24,25,26,27)/b12-9+. The van der Waals surface area contributed by atoms with Gasteiger partial charge in [-0.15, -0.1) is 11.3 Å². The van der Waals surface area contributed by atoms with E-state index in [0.29, 0.717) is 11.5 Å². The monoisotopic (exact) mass is 416 g/mol. The third-order valence-electron chi connectivity index (χ3n) is 3.81. The van der Waals surface area contributed by atoms with E-state index in [4.69, 9.17) is 5.73 Å². The largest absolute Gasteiger partial charge is 0.416 e. The SMILES string of the molecule is CN(C)c1nc(N)nc(/C(C#N)=C/c2ccc(-c3ccc(C(F)(F)F)cc3)s2)n1. The van der Waals surface area contributed by atoms with Crippen LogP contribution in [-0.2, 0) is 6.18 Å². The molecule has 0 aliphatic carbocycles. The highest BCUT2D eigenvalue weighted by Crippen LogP contribution is 2.34. The molecule has 29 heavy (non-hydrogen) atoms. The quantitative estimate of drug-likeness (QED) is 0.637. The first-order chi connectivity index (χ1) is 13.7. The molecule has 3 aromatic rings. The van der Waals surface area contributed by atoms with Crippen molar-refractivity contribution in [3.63, 3.8) is 0 Å². The Morgan fingerprint density at radius 1 is 1.10 bits per heavy atom. The zero-order valence-electron chi connectivity index (χ0n) is 15.4. The van der Waals surface area contributed by atoms with Gasteiger partial charge in [-0.2, -0.15) is 33.4 Å². The van der Waals surface area contributed by atoms with Crippen molar-refractivity contribution in [1.82, 2.24) is 15.0 Å². The Balaban J connectivity index is 1.91. The van der Waals surface area contributed by atoms with Crippen LogP contribution < -0.4 is 10.6 Å². The number of allylic oxidation sites excluding steroid dienone is 1. The number of anilines is 2. The van der Waals surface area contributed by atoms with Gasteiger partial charge >= 0.3 is 6.18 Å². The maximum Gasteiger partial charge on any atom is 0.416 e. The average Bonchev–Trinajstić information content (AvgIpc) is 3.13. The van der Waals surface area contributed by atoms with Crippen LogP contribution >= 0.6 is 11.3 Å². The first-order valence-corrected chi connectivity index (χ1v) is 9.07. The van der Waals surface area contributed by atoms with Gasteiger partial charge in [-0.05, 0) is 35.9 Å². The molecule has 3 rings (SSSR count). The number of benzene rings is 1. The highest BCUT2D eigenvalue weighted by Gasteiger charge is 2.30. The lowest BCUT2D eigenvalue weighted by Gasteiger charge is -2.10. The summed E-state index contributed by atoms with van der Waals surface area (Å²) in [5, 5.41) is 9.52. The molecular weight excluding hydrogens is 401 g/mol. The summed E-state index contributed by atoms with van der Waals surface area (Å²) in [6, 6.07) is 10.5. The fourth-order valence-electron chi connectivity index (χ4n) is 2.40. The molecule has 0 radical (unpaired) electrons. The molecule has 0 unspecified atom stereocenters. The summed E-state index contributed by atoms with van der Waals surface area (Å²) >= 11 is 1.33. The molecule has 0 atom stereocenters. The van der Waals surface area contributed by atoms with E-state index in [1.54, 1.807) is 37.2 Å². The Labute approximate surface area is 168 Å². The first-order valence-electron chi connectivity index (χ1n) is 8.26. The molecule has 0 fully saturated rings. The zero-order chi connectivity index (χ0) is 21.2. The van der Waals surface area contributed by atoms with Crippen molar-refractivity contribution in [2.75, 3.05) is 24.7 Å². The van der Waals surface area contributed by atoms with Crippen LogP contribution in [0.1, 0.15) is 16.3 Å². The number of nitriles is 1. The summed E-state index contributed by atoms with van der Waals surface area (Å²) in [7, 11) is 3.48. The molecule has 148 valence electrons. The van der Waals surface area contributed by atoms with Gasteiger partial charge in [0.25, 0.3) is 0 Å². The van der Waals surface area contributed by atoms with Crippen molar-refractivity contribution < 1.29 is 13.2 Å². The van der Waals surface area contributed by atoms with Crippen molar-refractivity contribution in [3.8, 4) is 16.5 Å². The van der Waals surface area contributed by atoms with E-state index in [2.05, 4.69) is 15.0 Å². The number of alkyl halides is 3. The highest BCUT2D eigenvalue weighted by molar-refractivity contribution is 7.16. The van der Waals surface area contributed by atoms with E-state index in [9.17, 15) is 18.4 Å². The lowest BCUT2D eigenvalue weighted by Crippen LogP contribution is -2.15. The second kappa shape index (κ2) is 7.89. The fraction of sp³-hybridized carbons (Fsp3) is 0.158. The predicted octanol–water partition coefficient (Wildman–Crippen LogP) is 4.33. The lowest BCUT2D eigenvalue weighted by molar-refractivity contribution is -0.137. The molecule has 1 aromatic carbocycles. The maximum atomic E-state index is 12.7. The number of nitrogens with two attached hydrogens (primary N) is 1. The van der Waals surface area contributed by atoms with Gasteiger partial charge in [-0.3, -0.25) is 0 Å². The highest BCUT2D eigenvalue weighted by atomic mass is 32.1. The number of halogens is 3. The van der Waals surface area contributed by atoms with Crippen molar-refractivity contribution >= 4 is 34.9 Å². The molecule has 0 amide bonds. The van der Waals surface area contributed by atoms with E-state index in [1.807, 2.05) is 6.07 Å². The Morgan fingerprint density at radius 3 is 2.38 bits per heavy atom. The number of rotatable bonds is 4. The van der Waals surface area contributed by atoms with E-state index in [1.165, 1.54) is 23.5 Å². The minimum absolute atomic E-state index is 0.00327. The summed E-state index contributed by atoms with van der Waals surface area (Å²) in [6.07, 6.45) is -2.77. The lowest BCUT2D eigenvalue weighted by atomic mass is 10.1. The van der Waals surface area contributed by atoms with Crippen LogP contribution in [0.3, 0.4) is 0 Å². The number of nitrogens with zero attached hydrogens (tertiary/aromatic N) is 5. The molecule has 6 nitrogen and oxygen atoms in total. The second-order valence-electron chi connectivity index (χ2n) is 6.16. The number of nitrogen functional groups attached to an aromatic ring is 1. The Hall–Kier alpha value is -3.45. The summed E-state index contributed by atoms with van der Waals surface area (Å²) in [4.78, 5) is 15.4. The third kappa shape index (κ3) is 4.70. The van der Waals surface area contributed by atoms with E-state index in [0.717, 1.165) is 21.9 Å². The molecule has 0 bridgehead atoms. The van der Waals surface area contributed by atoms with Crippen LogP contribution in [-0.4, -0.2) is 29.0 Å². The van der Waals surface area contributed by atoms with Gasteiger partial charge in [-0.1, -0.05) is 12.1 Å². The van der Waals surface area contributed by atoms with Crippen LogP contribution in [0.4, 0.5) is 25.1 Å². The molecule has 0 spiro atoms. The normalized spacial score (nSPS) is 11.9. The summed E-state index contributed by atoms with van der Waals surface area (Å²) < 4.78 is 38.1. The Kier molecular flexibility index (Phi) is 5.52. The summed E-state index contributed by atoms with van der Waals surface area (Å²) in [5.41, 5.74) is 5.85. The van der Waals surface area contributed by atoms with Crippen LogP contribution in [0.5, 0.6) is 0 Å². The van der Waals surface area contributed by atoms with Crippen LogP contribution in [0.2, 0.25) is 0 Å². The number of hydrogen-bond acceptors (Lipinski definition) is 7. The molecule has 0 saturated heterocycles. The maximum absolute atomic E-state index is 12.7. The average molecular weight is 416 g/mol. The molecule has 0 saturated carbocycles. The van der Waals surface area contributed by atoms with E-state index < -0.39 is 11.7 Å². The Morgan fingerprint density at radius 2 is 1.79 bits per heavy atom. The van der Waals surface area contributed by atoms with Gasteiger partial charge in [0.1, 0.15) is 6.07 Å². The molecule has 0 aliphatic rings. The predicted molar refractivity (Wildman–Crippen MR) is 107 cm³/mol. The van der Waals surface area contributed by atoms with Crippen molar-refractivity contribution in [2.24, 2.45) is 0 Å². The number of thiophene rings is 1. The molecule has 2 N–H and O–H groups in total. The third-order valence-corrected chi connectivity index (χ3v) is 4.89. The number of hydrogen-bond donors (Lipinski definition) is 1. The van der Waals surface area contributed by atoms with Crippen LogP contribution in [0.25, 0.3) is 22.1 Å². The van der Waals surface area contributed by atoms with Gasteiger partial charge < -0.3 is 10.6 Å². The van der Waals surface area contributed by atoms with E-state index in [-0.39, 0.29) is 17.3 Å². The minimum Gasteiger partial charge on any atom is -0.368 e. The van der Waals surface area contributed by atoms with Crippen molar-refractivity contribution in [1.29, 1.82) is 5.26 Å². The molecular formula is C19H15F3N6S. The number of aromatic nitrogens is 3. The van der Waals surface area contributed by atoms with Gasteiger partial charge in [0.2, 0.25) is 11.9 Å². The molecule has 2 aromatic heterocycles. The van der Waals surface area contributed by atoms with Gasteiger partial charge in [-0.25, -0.2) is 0 Å². The smallest absolute Gasteiger partial charge is 0.368 e. The van der Waals surface area contributed by atoms with Crippen LogP contribution in [0, 0.1) is 11.3 Å². The molecule has 0 aliphatic heterocycles. The second-order valence-corrected chi connectivity index (χ2v) is 7.27.